The number of benzene rings is 1. The standard InChI is InChI=1S/C25H29N7O3/c1-16-13-20-19(14-26-29-20)23(17(16)2)32-7-6-18-21(15-32)27-25(35-3)28-24(18)31-10-8-30(9-11-31)22(34)5-4-12-33/h13-14,33H,6-12,15H2,1-3H3,(H,26,29). The predicted molar refractivity (Wildman–Crippen MR) is 133 cm³/mol. The predicted octanol–water partition coefficient (Wildman–Crippen LogP) is 1.19. The molecule has 0 radical (unpaired) electrons. The molecule has 0 aliphatic carbocycles. The van der Waals surface area contributed by atoms with Gasteiger partial charge in [-0.15, -0.1) is 0 Å². The van der Waals surface area contributed by atoms with Crippen LogP contribution in [-0.2, 0) is 17.8 Å². The molecule has 0 saturated carbocycles. The number of nitrogens with one attached hydrogen (secondary N) is 1. The molecule has 2 N–H and O–H groups in total. The molecule has 2 aromatic heterocycles. The summed E-state index contributed by atoms with van der Waals surface area (Å²) in [6.45, 7) is 7.86. The molecule has 10 nitrogen and oxygen atoms in total. The van der Waals surface area contributed by atoms with E-state index in [-0.39, 0.29) is 12.5 Å². The molecule has 5 rings (SSSR count). The number of nitrogens with zero attached hydrogens (tertiary/aromatic N) is 6. The van der Waals surface area contributed by atoms with Crippen LogP contribution in [-0.4, -0.2) is 82.5 Å². The van der Waals surface area contributed by atoms with Crippen LogP contribution in [0.25, 0.3) is 10.9 Å². The van der Waals surface area contributed by atoms with Gasteiger partial charge in [0.1, 0.15) is 12.4 Å². The highest BCUT2D eigenvalue weighted by Gasteiger charge is 2.29. The van der Waals surface area contributed by atoms with E-state index < -0.39 is 0 Å². The second-order valence-electron chi connectivity index (χ2n) is 8.87. The molecule has 4 heterocycles. The smallest absolute Gasteiger partial charge is 0.318 e. The number of aromatic nitrogens is 4. The fourth-order valence-corrected chi connectivity index (χ4v) is 4.96. The Hall–Kier alpha value is -3.84. The van der Waals surface area contributed by atoms with Crippen molar-refractivity contribution in [3.63, 3.8) is 0 Å². The number of aryl methyl sites for hydroxylation is 1. The lowest BCUT2D eigenvalue weighted by Crippen LogP contribution is -2.49. The number of aliphatic hydroxyl groups excluding tert-OH is 1. The molecular formula is C25H29N7O3. The van der Waals surface area contributed by atoms with E-state index in [0.717, 1.165) is 40.9 Å². The van der Waals surface area contributed by atoms with E-state index in [2.05, 4.69) is 51.8 Å². The van der Waals surface area contributed by atoms with E-state index in [4.69, 9.17) is 19.8 Å². The van der Waals surface area contributed by atoms with Crippen molar-refractivity contribution in [3.8, 4) is 17.9 Å². The van der Waals surface area contributed by atoms with Gasteiger partial charge < -0.3 is 24.5 Å². The van der Waals surface area contributed by atoms with Crippen molar-refractivity contribution in [2.45, 2.75) is 26.8 Å². The summed E-state index contributed by atoms with van der Waals surface area (Å²) in [5.41, 5.74) is 6.78. The first-order valence-corrected chi connectivity index (χ1v) is 11.8. The quantitative estimate of drug-likeness (QED) is 0.544. The minimum absolute atomic E-state index is 0.254. The van der Waals surface area contributed by atoms with Gasteiger partial charge in [0.05, 0.1) is 36.7 Å². The Morgan fingerprint density at radius 2 is 1.97 bits per heavy atom. The van der Waals surface area contributed by atoms with Gasteiger partial charge in [-0.1, -0.05) is 5.92 Å². The van der Waals surface area contributed by atoms with E-state index in [1.165, 1.54) is 16.8 Å². The maximum absolute atomic E-state index is 12.2. The number of ether oxygens (including phenoxy) is 1. The van der Waals surface area contributed by atoms with Crippen molar-refractivity contribution >= 4 is 28.3 Å². The molecule has 0 bridgehead atoms. The number of hydrogen-bond donors (Lipinski definition) is 2. The van der Waals surface area contributed by atoms with Gasteiger partial charge in [-0.3, -0.25) is 9.89 Å². The number of hydrogen-bond acceptors (Lipinski definition) is 8. The van der Waals surface area contributed by atoms with Gasteiger partial charge in [-0.25, -0.2) is 0 Å². The largest absolute Gasteiger partial charge is 0.467 e. The monoisotopic (exact) mass is 475 g/mol. The Morgan fingerprint density at radius 1 is 1.17 bits per heavy atom. The van der Waals surface area contributed by atoms with Crippen LogP contribution < -0.4 is 14.5 Å². The SMILES string of the molecule is COc1nc2c(c(N3CCN(C(=O)C#CCO)CC3)n1)CCN(c1c(C)c(C)cc3[nH]ncc13)C2. The molecule has 35 heavy (non-hydrogen) atoms. The normalized spacial score (nSPS) is 15.6. The van der Waals surface area contributed by atoms with Gasteiger partial charge in [-0.05, 0) is 43.4 Å². The topological polar surface area (TPSA) is 111 Å². The third kappa shape index (κ3) is 4.23. The summed E-state index contributed by atoms with van der Waals surface area (Å²) in [5, 5.41) is 17.3. The molecule has 0 spiro atoms. The van der Waals surface area contributed by atoms with Crippen molar-refractivity contribution in [3.05, 3.63) is 34.6 Å². The number of aromatic amines is 1. The van der Waals surface area contributed by atoms with Crippen LogP contribution >= 0.6 is 0 Å². The average molecular weight is 476 g/mol. The summed E-state index contributed by atoms with van der Waals surface area (Å²) < 4.78 is 5.47. The molecule has 182 valence electrons. The fourth-order valence-electron chi connectivity index (χ4n) is 4.96. The van der Waals surface area contributed by atoms with Gasteiger partial charge >= 0.3 is 6.01 Å². The lowest BCUT2D eigenvalue weighted by Gasteiger charge is -2.38. The summed E-state index contributed by atoms with van der Waals surface area (Å²) in [6, 6.07) is 2.49. The van der Waals surface area contributed by atoms with Crippen molar-refractivity contribution in [1.29, 1.82) is 0 Å². The van der Waals surface area contributed by atoms with Crippen LogP contribution in [0.3, 0.4) is 0 Å². The lowest BCUT2D eigenvalue weighted by atomic mass is 9.99. The van der Waals surface area contributed by atoms with Crippen LogP contribution in [0.1, 0.15) is 22.4 Å². The summed E-state index contributed by atoms with van der Waals surface area (Å²) in [7, 11) is 1.59. The van der Waals surface area contributed by atoms with Crippen LogP contribution in [0, 0.1) is 25.7 Å². The highest BCUT2D eigenvalue weighted by molar-refractivity contribution is 5.95. The zero-order valence-electron chi connectivity index (χ0n) is 20.3. The average Bonchev–Trinajstić information content (AvgIpc) is 3.34. The maximum atomic E-state index is 12.2. The fraction of sp³-hybridized carbons (Fsp3) is 0.440. The van der Waals surface area contributed by atoms with Crippen LogP contribution in [0.5, 0.6) is 6.01 Å². The van der Waals surface area contributed by atoms with Gasteiger partial charge in [0.25, 0.3) is 5.91 Å². The molecule has 2 aliphatic rings. The minimum atomic E-state index is -0.316. The highest BCUT2D eigenvalue weighted by Crippen LogP contribution is 2.37. The number of fused-ring (bicyclic) bond motifs is 2. The third-order valence-electron chi connectivity index (χ3n) is 6.89. The summed E-state index contributed by atoms with van der Waals surface area (Å²) in [6.07, 6.45) is 2.70. The molecule has 1 aromatic carbocycles. The molecule has 1 saturated heterocycles. The van der Waals surface area contributed by atoms with Gasteiger partial charge in [0.2, 0.25) is 0 Å². The number of methoxy groups -OCH3 is 1. The second kappa shape index (κ2) is 9.43. The summed E-state index contributed by atoms with van der Waals surface area (Å²) in [5.74, 6) is 5.54. The summed E-state index contributed by atoms with van der Waals surface area (Å²) >= 11 is 0. The zero-order chi connectivity index (χ0) is 24.5. The van der Waals surface area contributed by atoms with Gasteiger partial charge in [-0.2, -0.15) is 15.1 Å². The Bertz CT molecular complexity index is 1330. The van der Waals surface area contributed by atoms with Crippen molar-refractivity contribution in [1.82, 2.24) is 25.1 Å². The van der Waals surface area contributed by atoms with Gasteiger partial charge in [0.15, 0.2) is 0 Å². The third-order valence-corrected chi connectivity index (χ3v) is 6.89. The van der Waals surface area contributed by atoms with Crippen molar-refractivity contribution in [2.75, 3.05) is 56.2 Å². The van der Waals surface area contributed by atoms with Crippen LogP contribution in [0.2, 0.25) is 0 Å². The number of H-pyrrole nitrogens is 1. The number of aliphatic hydroxyl groups is 1. The molecule has 1 amide bonds. The number of piperazine rings is 1. The number of amides is 1. The highest BCUT2D eigenvalue weighted by atomic mass is 16.5. The van der Waals surface area contributed by atoms with E-state index in [1.807, 2.05) is 6.20 Å². The number of rotatable bonds is 3. The number of carbonyl (C=O) groups is 1. The number of anilines is 2. The Balaban J connectivity index is 1.43. The first-order chi connectivity index (χ1) is 17.0. The van der Waals surface area contributed by atoms with E-state index in [1.54, 1.807) is 12.0 Å². The minimum Gasteiger partial charge on any atom is -0.467 e. The van der Waals surface area contributed by atoms with E-state index in [9.17, 15) is 4.79 Å². The Labute approximate surface area is 203 Å². The second-order valence-corrected chi connectivity index (χ2v) is 8.87. The molecule has 2 aliphatic heterocycles. The molecule has 0 atom stereocenters. The molecular weight excluding hydrogens is 446 g/mol. The zero-order valence-corrected chi connectivity index (χ0v) is 20.3. The number of carbonyl (C=O) groups excluding carboxylic acids is 1. The van der Waals surface area contributed by atoms with E-state index >= 15 is 0 Å². The van der Waals surface area contributed by atoms with Gasteiger partial charge in [0, 0.05) is 43.7 Å². The molecule has 0 unspecified atom stereocenters. The van der Waals surface area contributed by atoms with Crippen molar-refractivity contribution in [2.24, 2.45) is 0 Å². The van der Waals surface area contributed by atoms with E-state index in [0.29, 0.717) is 38.7 Å². The Morgan fingerprint density at radius 3 is 2.71 bits per heavy atom. The Kier molecular flexibility index (Phi) is 6.17. The molecule has 10 heteroatoms. The molecule has 1 fully saturated rings. The first-order valence-electron chi connectivity index (χ1n) is 11.8. The maximum Gasteiger partial charge on any atom is 0.318 e. The first kappa shape index (κ1) is 22.9. The molecule has 3 aromatic rings. The van der Waals surface area contributed by atoms with Crippen molar-refractivity contribution < 1.29 is 14.6 Å². The van der Waals surface area contributed by atoms with Crippen LogP contribution in [0.15, 0.2) is 12.3 Å². The summed E-state index contributed by atoms with van der Waals surface area (Å²) in [4.78, 5) is 27.9. The lowest BCUT2D eigenvalue weighted by molar-refractivity contribution is -0.125. The van der Waals surface area contributed by atoms with Crippen LogP contribution in [0.4, 0.5) is 11.5 Å².